The topological polar surface area (TPSA) is 15.3 Å². The smallest absolute Gasteiger partial charge is 0.0410 e. The number of nitrogens with zero attached hydrogens (tertiary/aromatic N) is 1. The zero-order valence-corrected chi connectivity index (χ0v) is 12.9. The summed E-state index contributed by atoms with van der Waals surface area (Å²) in [5, 5.41) is 3.27. The van der Waals surface area contributed by atoms with Gasteiger partial charge in [-0.15, -0.1) is 0 Å². The summed E-state index contributed by atoms with van der Waals surface area (Å²) in [5.74, 6) is 0. The summed E-state index contributed by atoms with van der Waals surface area (Å²) in [4.78, 5) is 2.33. The summed E-state index contributed by atoms with van der Waals surface area (Å²) in [6.45, 7) is 7.44. The van der Waals surface area contributed by atoms with Crippen LogP contribution in [0.3, 0.4) is 0 Å². The first-order valence-electron chi connectivity index (χ1n) is 7.27. The summed E-state index contributed by atoms with van der Waals surface area (Å²) >= 11 is 0. The van der Waals surface area contributed by atoms with E-state index in [-0.39, 0.29) is 0 Å². The van der Waals surface area contributed by atoms with Crippen molar-refractivity contribution < 1.29 is 0 Å². The van der Waals surface area contributed by atoms with Gasteiger partial charge in [-0.1, -0.05) is 29.8 Å². The van der Waals surface area contributed by atoms with Gasteiger partial charge in [0.25, 0.3) is 0 Å². The average molecular weight is 268 g/mol. The van der Waals surface area contributed by atoms with Gasteiger partial charge < -0.3 is 10.2 Å². The highest BCUT2D eigenvalue weighted by Gasteiger charge is 2.08. The first kappa shape index (κ1) is 14.6. The molecule has 1 atom stereocenters. The lowest BCUT2D eigenvalue weighted by molar-refractivity contribution is 0.652. The quantitative estimate of drug-likeness (QED) is 0.862. The molecule has 0 spiro atoms. The monoisotopic (exact) mass is 268 g/mol. The predicted octanol–water partition coefficient (Wildman–Crippen LogP) is 4.43. The maximum Gasteiger partial charge on any atom is 0.0410 e. The number of hydrogen-bond acceptors (Lipinski definition) is 2. The van der Waals surface area contributed by atoms with E-state index in [1.165, 1.54) is 22.5 Å². The van der Waals surface area contributed by atoms with Crippen LogP contribution in [-0.4, -0.2) is 13.6 Å². The van der Waals surface area contributed by atoms with Crippen molar-refractivity contribution in [3.8, 4) is 0 Å². The van der Waals surface area contributed by atoms with E-state index >= 15 is 0 Å². The largest absolute Gasteiger partial charge is 0.342 e. The molecule has 0 bridgehead atoms. The maximum absolute atomic E-state index is 3.27. The Morgan fingerprint density at radius 3 is 1.90 bits per heavy atom. The molecule has 0 saturated heterocycles. The molecule has 0 amide bonds. The Bertz CT molecular complexity index is 528. The fraction of sp³-hybridized carbons (Fsp3) is 0.333. The number of nitrogens with one attached hydrogen (secondary N) is 1. The van der Waals surface area contributed by atoms with Crippen molar-refractivity contribution >= 4 is 11.4 Å². The number of hydrogen-bond donors (Lipinski definition) is 1. The second-order valence-electron chi connectivity index (χ2n) is 5.18. The Labute approximate surface area is 122 Å². The van der Waals surface area contributed by atoms with E-state index in [2.05, 4.69) is 79.5 Å². The van der Waals surface area contributed by atoms with Gasteiger partial charge >= 0.3 is 0 Å². The van der Waals surface area contributed by atoms with Crippen LogP contribution in [0.5, 0.6) is 0 Å². The van der Waals surface area contributed by atoms with Crippen molar-refractivity contribution in [1.29, 1.82) is 0 Å². The highest BCUT2D eigenvalue weighted by atomic mass is 15.1. The summed E-state index contributed by atoms with van der Waals surface area (Å²) in [6, 6.07) is 17.9. The Morgan fingerprint density at radius 1 is 0.950 bits per heavy atom. The highest BCUT2D eigenvalue weighted by Crippen LogP contribution is 2.26. The Balaban J connectivity index is 2.25. The molecule has 0 aliphatic rings. The molecule has 1 N–H and O–H groups in total. The van der Waals surface area contributed by atoms with Gasteiger partial charge in [0.05, 0.1) is 0 Å². The predicted molar refractivity (Wildman–Crippen MR) is 87.8 cm³/mol. The lowest BCUT2D eigenvalue weighted by Crippen LogP contribution is -2.16. The molecular weight excluding hydrogens is 244 g/mol. The van der Waals surface area contributed by atoms with Gasteiger partial charge in [-0.2, -0.15) is 0 Å². The highest BCUT2D eigenvalue weighted by molar-refractivity contribution is 5.63. The van der Waals surface area contributed by atoms with Gasteiger partial charge in [-0.3, -0.25) is 0 Å². The number of anilines is 2. The van der Waals surface area contributed by atoms with Gasteiger partial charge in [0, 0.05) is 24.0 Å². The second-order valence-corrected chi connectivity index (χ2v) is 5.18. The number of rotatable bonds is 5. The minimum absolute atomic E-state index is 0.388. The Kier molecular flexibility index (Phi) is 4.80. The van der Waals surface area contributed by atoms with E-state index < -0.39 is 0 Å². The van der Waals surface area contributed by atoms with Gasteiger partial charge in [-0.25, -0.2) is 0 Å². The van der Waals surface area contributed by atoms with Crippen molar-refractivity contribution in [3.05, 3.63) is 59.7 Å². The zero-order valence-electron chi connectivity index (χ0n) is 12.9. The summed E-state index contributed by atoms with van der Waals surface area (Å²) in [6.07, 6.45) is 0. The third-order valence-electron chi connectivity index (χ3n) is 3.80. The molecule has 0 aliphatic heterocycles. The van der Waals surface area contributed by atoms with E-state index in [1.54, 1.807) is 0 Å². The Hall–Kier alpha value is -1.80. The maximum atomic E-state index is 3.27. The molecule has 0 radical (unpaired) electrons. The number of benzene rings is 2. The van der Waals surface area contributed by atoms with E-state index in [0.29, 0.717) is 6.04 Å². The molecule has 0 heterocycles. The molecule has 106 valence electrons. The van der Waals surface area contributed by atoms with Crippen LogP contribution < -0.4 is 10.2 Å². The molecule has 20 heavy (non-hydrogen) atoms. The van der Waals surface area contributed by atoms with Crippen LogP contribution in [0.1, 0.15) is 31.0 Å². The molecule has 2 rings (SSSR count). The lowest BCUT2D eigenvalue weighted by Gasteiger charge is -2.24. The van der Waals surface area contributed by atoms with Gasteiger partial charge in [0.1, 0.15) is 0 Å². The standard InChI is InChI=1S/C18H24N2/c1-5-20(17-10-6-14(2)7-11-17)18-12-8-16(9-13-18)15(3)19-4/h6-13,15,19H,5H2,1-4H3. The van der Waals surface area contributed by atoms with Crippen LogP contribution in [0.4, 0.5) is 11.4 Å². The van der Waals surface area contributed by atoms with Gasteiger partial charge in [0.15, 0.2) is 0 Å². The van der Waals surface area contributed by atoms with Crippen molar-refractivity contribution in [2.24, 2.45) is 0 Å². The normalized spacial score (nSPS) is 12.2. The van der Waals surface area contributed by atoms with E-state index in [0.717, 1.165) is 6.54 Å². The van der Waals surface area contributed by atoms with Gasteiger partial charge in [-0.05, 0) is 57.6 Å². The van der Waals surface area contributed by atoms with Crippen molar-refractivity contribution in [2.45, 2.75) is 26.8 Å². The molecule has 1 unspecified atom stereocenters. The Morgan fingerprint density at radius 2 is 1.45 bits per heavy atom. The number of aryl methyl sites for hydroxylation is 1. The minimum Gasteiger partial charge on any atom is -0.342 e. The van der Waals surface area contributed by atoms with Crippen LogP contribution >= 0.6 is 0 Å². The van der Waals surface area contributed by atoms with Crippen LogP contribution in [0, 0.1) is 6.92 Å². The first-order chi connectivity index (χ1) is 9.65. The zero-order chi connectivity index (χ0) is 14.5. The molecule has 0 fully saturated rings. The van der Waals surface area contributed by atoms with Crippen LogP contribution in [0.25, 0.3) is 0 Å². The van der Waals surface area contributed by atoms with E-state index in [4.69, 9.17) is 0 Å². The molecule has 2 heteroatoms. The van der Waals surface area contributed by atoms with Crippen molar-refractivity contribution in [1.82, 2.24) is 5.32 Å². The second kappa shape index (κ2) is 6.58. The van der Waals surface area contributed by atoms with Crippen molar-refractivity contribution in [2.75, 3.05) is 18.5 Å². The fourth-order valence-electron chi connectivity index (χ4n) is 2.35. The van der Waals surface area contributed by atoms with Crippen LogP contribution in [0.2, 0.25) is 0 Å². The molecule has 0 aliphatic carbocycles. The third-order valence-corrected chi connectivity index (χ3v) is 3.80. The summed E-state index contributed by atoms with van der Waals surface area (Å²) in [5.41, 5.74) is 5.09. The summed E-state index contributed by atoms with van der Waals surface area (Å²) in [7, 11) is 1.99. The lowest BCUT2D eigenvalue weighted by atomic mass is 10.1. The molecule has 2 nitrogen and oxygen atoms in total. The molecule has 0 saturated carbocycles. The van der Waals surface area contributed by atoms with E-state index in [9.17, 15) is 0 Å². The summed E-state index contributed by atoms with van der Waals surface area (Å²) < 4.78 is 0. The molecule has 2 aromatic rings. The molecule has 0 aromatic heterocycles. The van der Waals surface area contributed by atoms with Gasteiger partial charge in [0.2, 0.25) is 0 Å². The molecule has 2 aromatic carbocycles. The SMILES string of the molecule is CCN(c1ccc(C)cc1)c1ccc(C(C)NC)cc1. The van der Waals surface area contributed by atoms with Crippen LogP contribution in [0.15, 0.2) is 48.5 Å². The molecular formula is C18H24N2. The minimum atomic E-state index is 0.388. The van der Waals surface area contributed by atoms with Crippen molar-refractivity contribution in [3.63, 3.8) is 0 Å². The average Bonchev–Trinajstić information content (AvgIpc) is 2.50. The fourth-order valence-corrected chi connectivity index (χ4v) is 2.35. The van der Waals surface area contributed by atoms with Crippen LogP contribution in [-0.2, 0) is 0 Å². The first-order valence-corrected chi connectivity index (χ1v) is 7.27. The van der Waals surface area contributed by atoms with E-state index in [1.807, 2.05) is 7.05 Å². The third kappa shape index (κ3) is 3.20.